The second-order valence-corrected chi connectivity index (χ2v) is 4.47. The third-order valence-electron chi connectivity index (χ3n) is 3.07. The summed E-state index contributed by atoms with van der Waals surface area (Å²) in [6.07, 6.45) is 3.18. The van der Waals surface area contributed by atoms with Crippen molar-refractivity contribution in [1.29, 1.82) is 0 Å². The van der Waals surface area contributed by atoms with Crippen LogP contribution in [-0.2, 0) is 4.79 Å². The van der Waals surface area contributed by atoms with Gasteiger partial charge in [-0.3, -0.25) is 4.79 Å². The van der Waals surface area contributed by atoms with Crippen molar-refractivity contribution in [2.45, 2.75) is 38.3 Å². The van der Waals surface area contributed by atoms with Gasteiger partial charge in [-0.1, -0.05) is 12.8 Å². The molecular formula is C11H20FNO2. The molecule has 0 aliphatic heterocycles. The van der Waals surface area contributed by atoms with E-state index >= 15 is 0 Å². The zero-order valence-electron chi connectivity index (χ0n) is 9.29. The predicted molar refractivity (Wildman–Crippen MR) is 56.6 cm³/mol. The van der Waals surface area contributed by atoms with Crippen molar-refractivity contribution in [3.8, 4) is 0 Å². The molecule has 0 saturated heterocycles. The van der Waals surface area contributed by atoms with Crippen LogP contribution in [0.5, 0.6) is 0 Å². The van der Waals surface area contributed by atoms with Crippen LogP contribution in [0.25, 0.3) is 0 Å². The van der Waals surface area contributed by atoms with E-state index in [1.54, 1.807) is 0 Å². The summed E-state index contributed by atoms with van der Waals surface area (Å²) in [5.41, 5.74) is 0. The summed E-state index contributed by atoms with van der Waals surface area (Å²) < 4.78 is 13.5. The number of nitrogens with zero attached hydrogens (tertiary/aromatic N) is 1. The maximum Gasteiger partial charge on any atom is 0.304 e. The second kappa shape index (κ2) is 6.05. The van der Waals surface area contributed by atoms with Gasteiger partial charge in [0.1, 0.15) is 6.17 Å². The smallest absolute Gasteiger partial charge is 0.304 e. The van der Waals surface area contributed by atoms with E-state index in [0.29, 0.717) is 19.5 Å². The van der Waals surface area contributed by atoms with Gasteiger partial charge in [0.25, 0.3) is 0 Å². The molecule has 1 N–H and O–H groups in total. The lowest BCUT2D eigenvalue weighted by Gasteiger charge is -2.29. The highest BCUT2D eigenvalue weighted by Crippen LogP contribution is 2.27. The minimum Gasteiger partial charge on any atom is -0.481 e. The Labute approximate surface area is 90.3 Å². The van der Waals surface area contributed by atoms with Gasteiger partial charge in [0, 0.05) is 19.0 Å². The summed E-state index contributed by atoms with van der Waals surface area (Å²) in [6.45, 7) is 1.20. The van der Waals surface area contributed by atoms with Crippen LogP contribution in [0.1, 0.15) is 32.1 Å². The molecule has 2 atom stereocenters. The van der Waals surface area contributed by atoms with E-state index < -0.39 is 12.1 Å². The molecule has 1 aliphatic carbocycles. The fourth-order valence-electron chi connectivity index (χ4n) is 2.15. The number of alkyl halides is 1. The zero-order chi connectivity index (χ0) is 11.3. The zero-order valence-corrected chi connectivity index (χ0v) is 9.29. The molecule has 0 amide bonds. The van der Waals surface area contributed by atoms with Gasteiger partial charge in [-0.25, -0.2) is 4.39 Å². The highest BCUT2D eigenvalue weighted by Gasteiger charge is 2.25. The molecule has 88 valence electrons. The van der Waals surface area contributed by atoms with Gasteiger partial charge in [-0.05, 0) is 19.9 Å². The number of rotatable bonds is 5. The van der Waals surface area contributed by atoms with E-state index in [0.717, 1.165) is 19.3 Å². The summed E-state index contributed by atoms with van der Waals surface area (Å²) in [5.74, 6) is -0.681. The van der Waals surface area contributed by atoms with Crippen LogP contribution in [0, 0.1) is 5.92 Å². The number of hydrogen-bond donors (Lipinski definition) is 1. The van der Waals surface area contributed by atoms with Crippen LogP contribution >= 0.6 is 0 Å². The first-order valence-corrected chi connectivity index (χ1v) is 5.64. The van der Waals surface area contributed by atoms with Gasteiger partial charge in [-0.2, -0.15) is 0 Å². The average Bonchev–Trinajstić information content (AvgIpc) is 2.18. The third-order valence-corrected chi connectivity index (χ3v) is 3.07. The SMILES string of the molecule is CN(CCC(=O)O)CC1CCCCC1F. The van der Waals surface area contributed by atoms with Crippen molar-refractivity contribution < 1.29 is 14.3 Å². The van der Waals surface area contributed by atoms with Gasteiger partial charge in [0.15, 0.2) is 0 Å². The fourth-order valence-corrected chi connectivity index (χ4v) is 2.15. The van der Waals surface area contributed by atoms with Crippen molar-refractivity contribution >= 4 is 5.97 Å². The summed E-state index contributed by atoms with van der Waals surface area (Å²) in [7, 11) is 1.87. The molecule has 0 bridgehead atoms. The Bertz CT molecular complexity index is 211. The fraction of sp³-hybridized carbons (Fsp3) is 0.909. The van der Waals surface area contributed by atoms with Crippen LogP contribution in [0.3, 0.4) is 0 Å². The van der Waals surface area contributed by atoms with E-state index in [1.165, 1.54) is 0 Å². The Morgan fingerprint density at radius 3 is 2.73 bits per heavy atom. The van der Waals surface area contributed by atoms with E-state index in [-0.39, 0.29) is 12.3 Å². The Hall–Kier alpha value is -0.640. The second-order valence-electron chi connectivity index (χ2n) is 4.47. The number of carbonyl (C=O) groups is 1. The van der Waals surface area contributed by atoms with Gasteiger partial charge in [0.2, 0.25) is 0 Å². The Morgan fingerprint density at radius 1 is 1.47 bits per heavy atom. The third kappa shape index (κ3) is 4.60. The van der Waals surface area contributed by atoms with Crippen LogP contribution < -0.4 is 0 Å². The molecule has 2 unspecified atom stereocenters. The van der Waals surface area contributed by atoms with Crippen molar-refractivity contribution in [1.82, 2.24) is 4.90 Å². The van der Waals surface area contributed by atoms with Crippen LogP contribution in [0.2, 0.25) is 0 Å². The molecule has 15 heavy (non-hydrogen) atoms. The number of aliphatic carboxylic acids is 1. The lowest BCUT2D eigenvalue weighted by molar-refractivity contribution is -0.137. The molecular weight excluding hydrogens is 197 g/mol. The Morgan fingerprint density at radius 2 is 2.13 bits per heavy atom. The summed E-state index contributed by atoms with van der Waals surface area (Å²) in [6, 6.07) is 0. The normalized spacial score (nSPS) is 26.9. The largest absolute Gasteiger partial charge is 0.481 e. The number of halogens is 1. The molecule has 1 rings (SSSR count). The molecule has 0 aromatic rings. The first-order valence-electron chi connectivity index (χ1n) is 5.64. The van der Waals surface area contributed by atoms with Gasteiger partial charge in [0.05, 0.1) is 6.42 Å². The average molecular weight is 217 g/mol. The van der Waals surface area contributed by atoms with Crippen LogP contribution in [0.4, 0.5) is 4.39 Å². The lowest BCUT2D eigenvalue weighted by atomic mass is 9.87. The molecule has 4 heteroatoms. The molecule has 0 heterocycles. The summed E-state index contributed by atoms with van der Waals surface area (Å²) in [4.78, 5) is 12.3. The van der Waals surface area contributed by atoms with Gasteiger partial charge >= 0.3 is 5.97 Å². The molecule has 1 saturated carbocycles. The Kier molecular flexibility index (Phi) is 5.02. The monoisotopic (exact) mass is 217 g/mol. The molecule has 1 aliphatic rings. The van der Waals surface area contributed by atoms with Crippen molar-refractivity contribution in [2.24, 2.45) is 5.92 Å². The minimum absolute atomic E-state index is 0.109. The first-order chi connectivity index (χ1) is 7.09. The summed E-state index contributed by atoms with van der Waals surface area (Å²) in [5, 5.41) is 8.52. The molecule has 0 aromatic heterocycles. The molecule has 0 aromatic carbocycles. The van der Waals surface area contributed by atoms with E-state index in [4.69, 9.17) is 5.11 Å². The summed E-state index contributed by atoms with van der Waals surface area (Å²) >= 11 is 0. The van der Waals surface area contributed by atoms with Crippen LogP contribution in [0.15, 0.2) is 0 Å². The maximum absolute atomic E-state index is 13.5. The van der Waals surface area contributed by atoms with Crippen molar-refractivity contribution in [2.75, 3.05) is 20.1 Å². The lowest BCUT2D eigenvalue weighted by Crippen LogP contribution is -2.34. The van der Waals surface area contributed by atoms with Crippen molar-refractivity contribution in [3.63, 3.8) is 0 Å². The quantitative estimate of drug-likeness (QED) is 0.765. The minimum atomic E-state index is -0.790. The van der Waals surface area contributed by atoms with Gasteiger partial charge in [-0.15, -0.1) is 0 Å². The predicted octanol–water partition coefficient (Wildman–Crippen LogP) is 1.92. The van der Waals surface area contributed by atoms with Crippen molar-refractivity contribution in [3.05, 3.63) is 0 Å². The molecule has 3 nitrogen and oxygen atoms in total. The number of carboxylic acids is 1. The highest BCUT2D eigenvalue weighted by atomic mass is 19.1. The highest BCUT2D eigenvalue weighted by molar-refractivity contribution is 5.66. The topological polar surface area (TPSA) is 40.5 Å². The standard InChI is InChI=1S/C11H20FNO2/c1-13(7-6-11(14)15)8-9-4-2-3-5-10(9)12/h9-10H,2-8H2,1H3,(H,14,15). The number of hydrogen-bond acceptors (Lipinski definition) is 2. The van der Waals surface area contributed by atoms with Crippen LogP contribution in [-0.4, -0.2) is 42.3 Å². The van der Waals surface area contributed by atoms with E-state index in [2.05, 4.69) is 0 Å². The van der Waals surface area contributed by atoms with Gasteiger partial charge < -0.3 is 10.0 Å². The molecule has 0 radical (unpaired) electrons. The molecule has 1 fully saturated rings. The maximum atomic E-state index is 13.5. The van der Waals surface area contributed by atoms with E-state index in [1.807, 2.05) is 11.9 Å². The first kappa shape index (κ1) is 12.4. The van der Waals surface area contributed by atoms with E-state index in [9.17, 15) is 9.18 Å². The number of carboxylic acid groups (broad SMARTS) is 1. The molecule has 0 spiro atoms. The Balaban J connectivity index is 2.23.